The molecule has 136 valence electrons. The zero-order valence-corrected chi connectivity index (χ0v) is 15.8. The highest BCUT2D eigenvalue weighted by molar-refractivity contribution is 5.95. The number of hydrogen-bond acceptors (Lipinski definition) is 5. The molecule has 2 rings (SSSR count). The van der Waals surface area contributed by atoms with Gasteiger partial charge >= 0.3 is 0 Å². The zero-order chi connectivity index (χ0) is 18.6. The molecule has 0 saturated carbocycles. The summed E-state index contributed by atoms with van der Waals surface area (Å²) in [6, 6.07) is 7.91. The number of aromatic nitrogens is 1. The molecule has 5 nitrogen and oxygen atoms in total. The van der Waals surface area contributed by atoms with Crippen molar-refractivity contribution in [3.05, 3.63) is 29.8 Å². The van der Waals surface area contributed by atoms with Crippen molar-refractivity contribution in [2.75, 3.05) is 18.9 Å². The Kier molecular flexibility index (Phi) is 6.14. The van der Waals surface area contributed by atoms with Gasteiger partial charge in [0.1, 0.15) is 11.5 Å². The first-order valence-electron chi connectivity index (χ1n) is 8.75. The van der Waals surface area contributed by atoms with Gasteiger partial charge in [-0.05, 0) is 51.7 Å². The van der Waals surface area contributed by atoms with E-state index in [9.17, 15) is 5.11 Å². The molecule has 0 fully saturated rings. The molecule has 0 saturated heterocycles. The van der Waals surface area contributed by atoms with Crippen molar-refractivity contribution < 1.29 is 9.84 Å². The number of benzene rings is 1. The van der Waals surface area contributed by atoms with Crippen molar-refractivity contribution in [2.45, 2.75) is 46.6 Å². The second-order valence-corrected chi connectivity index (χ2v) is 7.15. The van der Waals surface area contributed by atoms with Crippen molar-refractivity contribution >= 4 is 28.1 Å². The highest BCUT2D eigenvalue weighted by Crippen LogP contribution is 2.32. The summed E-state index contributed by atoms with van der Waals surface area (Å²) in [5.41, 5.74) is 8.85. The van der Waals surface area contributed by atoms with Crippen LogP contribution in [0.15, 0.2) is 29.3 Å². The summed E-state index contributed by atoms with van der Waals surface area (Å²) in [5, 5.41) is 11.2. The van der Waals surface area contributed by atoms with E-state index in [0.717, 1.165) is 22.2 Å². The van der Waals surface area contributed by atoms with E-state index in [4.69, 9.17) is 15.5 Å². The van der Waals surface area contributed by atoms with E-state index in [1.165, 1.54) is 0 Å². The Bertz CT molecular complexity index is 763. The molecule has 1 aromatic carbocycles. The average Bonchev–Trinajstić information content (AvgIpc) is 2.52. The minimum atomic E-state index is -0.769. The van der Waals surface area contributed by atoms with E-state index in [0.29, 0.717) is 31.1 Å². The van der Waals surface area contributed by atoms with Crippen LogP contribution < -0.4 is 5.73 Å². The number of rotatable bonds is 7. The van der Waals surface area contributed by atoms with Crippen LogP contribution in [-0.2, 0) is 4.74 Å². The van der Waals surface area contributed by atoms with E-state index in [-0.39, 0.29) is 5.92 Å². The number of aliphatic imine (C=N–C) groups is 1. The Balaban J connectivity index is 2.49. The van der Waals surface area contributed by atoms with E-state index >= 15 is 0 Å². The second kappa shape index (κ2) is 7.93. The second-order valence-electron chi connectivity index (χ2n) is 7.15. The van der Waals surface area contributed by atoms with Crippen molar-refractivity contribution in [1.29, 1.82) is 0 Å². The molecule has 0 radical (unpaired) electrons. The molecule has 1 aromatic heterocycles. The number of fused-ring (bicyclic) bond motifs is 1. The highest BCUT2D eigenvalue weighted by Gasteiger charge is 2.22. The Labute approximate surface area is 149 Å². The van der Waals surface area contributed by atoms with E-state index < -0.39 is 5.60 Å². The SMILES string of the molecule is CCOCC(=Nc1c(N)nc2ccccc2c1C)[C@H](C)CC(C)(C)O. The number of ether oxygens (including phenoxy) is 1. The molecular weight excluding hydrogens is 314 g/mol. The number of pyridine rings is 1. The van der Waals surface area contributed by atoms with Crippen molar-refractivity contribution in [1.82, 2.24) is 4.98 Å². The molecule has 25 heavy (non-hydrogen) atoms. The van der Waals surface area contributed by atoms with Crippen LogP contribution in [0, 0.1) is 12.8 Å². The van der Waals surface area contributed by atoms with Gasteiger partial charge in [0, 0.05) is 17.7 Å². The molecule has 3 N–H and O–H groups in total. The first-order chi connectivity index (χ1) is 11.7. The Morgan fingerprint density at radius 3 is 2.68 bits per heavy atom. The van der Waals surface area contributed by atoms with Gasteiger partial charge in [-0.25, -0.2) is 4.98 Å². The minimum Gasteiger partial charge on any atom is -0.390 e. The molecular formula is C20H29N3O2. The largest absolute Gasteiger partial charge is 0.390 e. The lowest BCUT2D eigenvalue weighted by Crippen LogP contribution is -2.28. The van der Waals surface area contributed by atoms with Crippen LogP contribution in [0.2, 0.25) is 0 Å². The van der Waals surface area contributed by atoms with Gasteiger partial charge in [0.15, 0.2) is 0 Å². The fourth-order valence-corrected chi connectivity index (χ4v) is 3.03. The summed E-state index contributed by atoms with van der Waals surface area (Å²) < 4.78 is 5.60. The molecule has 5 heteroatoms. The summed E-state index contributed by atoms with van der Waals surface area (Å²) in [6.45, 7) is 10.7. The normalized spacial score (nSPS) is 14.1. The Morgan fingerprint density at radius 1 is 1.36 bits per heavy atom. The molecule has 0 amide bonds. The van der Waals surface area contributed by atoms with E-state index in [1.54, 1.807) is 13.8 Å². The third-order valence-corrected chi connectivity index (χ3v) is 4.23. The van der Waals surface area contributed by atoms with Crippen LogP contribution in [0.25, 0.3) is 10.9 Å². The number of hydrogen-bond donors (Lipinski definition) is 2. The molecule has 0 aliphatic carbocycles. The van der Waals surface area contributed by atoms with Gasteiger partial charge in [0.05, 0.1) is 17.7 Å². The monoisotopic (exact) mass is 343 g/mol. The number of para-hydroxylation sites is 1. The van der Waals surface area contributed by atoms with Crippen LogP contribution in [0.1, 0.15) is 39.7 Å². The van der Waals surface area contributed by atoms with Crippen molar-refractivity contribution in [3.63, 3.8) is 0 Å². The summed E-state index contributed by atoms with van der Waals surface area (Å²) in [6.07, 6.45) is 0.596. The topological polar surface area (TPSA) is 80.7 Å². The van der Waals surface area contributed by atoms with Crippen LogP contribution in [0.4, 0.5) is 11.5 Å². The summed E-state index contributed by atoms with van der Waals surface area (Å²) >= 11 is 0. The van der Waals surface area contributed by atoms with Crippen molar-refractivity contribution in [2.24, 2.45) is 10.9 Å². The lowest BCUT2D eigenvalue weighted by molar-refractivity contribution is 0.0623. The molecule has 0 aliphatic rings. The number of nitrogens with zero attached hydrogens (tertiary/aromatic N) is 2. The molecule has 1 heterocycles. The number of nitrogen functional groups attached to an aromatic ring is 1. The molecule has 0 spiro atoms. The maximum Gasteiger partial charge on any atom is 0.150 e. The fourth-order valence-electron chi connectivity index (χ4n) is 3.03. The minimum absolute atomic E-state index is 0.0665. The summed E-state index contributed by atoms with van der Waals surface area (Å²) in [5.74, 6) is 0.484. The van der Waals surface area contributed by atoms with Crippen molar-refractivity contribution in [3.8, 4) is 0 Å². The zero-order valence-electron chi connectivity index (χ0n) is 15.8. The van der Waals surface area contributed by atoms with Gasteiger partial charge < -0.3 is 15.6 Å². The van der Waals surface area contributed by atoms with Gasteiger partial charge in [-0.2, -0.15) is 0 Å². The molecule has 2 aromatic rings. The molecule has 1 atom stereocenters. The average molecular weight is 343 g/mol. The maximum atomic E-state index is 10.1. The number of aryl methyl sites for hydroxylation is 1. The van der Waals surface area contributed by atoms with Gasteiger partial charge in [-0.3, -0.25) is 4.99 Å². The van der Waals surface area contributed by atoms with Gasteiger partial charge in [0.25, 0.3) is 0 Å². The van der Waals surface area contributed by atoms with Gasteiger partial charge in [-0.1, -0.05) is 25.1 Å². The van der Waals surface area contributed by atoms with Crippen LogP contribution >= 0.6 is 0 Å². The quantitative estimate of drug-likeness (QED) is 0.744. The third-order valence-electron chi connectivity index (χ3n) is 4.23. The first-order valence-corrected chi connectivity index (χ1v) is 8.75. The number of anilines is 1. The standard InChI is InChI=1S/C20H29N3O2/c1-6-25-12-17(13(2)11-20(4,5)24)22-18-14(3)15-9-7-8-10-16(15)23-19(18)21/h7-10,13,24H,6,11-12H2,1-5H3,(H2,21,23)/t13-/m1/s1. The molecule has 0 bridgehead atoms. The predicted molar refractivity (Wildman–Crippen MR) is 105 cm³/mol. The van der Waals surface area contributed by atoms with E-state index in [1.807, 2.05) is 38.1 Å². The van der Waals surface area contributed by atoms with Crippen LogP contribution in [0.3, 0.4) is 0 Å². The van der Waals surface area contributed by atoms with Gasteiger partial charge in [0.2, 0.25) is 0 Å². The Morgan fingerprint density at radius 2 is 2.04 bits per heavy atom. The predicted octanol–water partition coefficient (Wildman–Crippen LogP) is 4.03. The third kappa shape index (κ3) is 5.00. The lowest BCUT2D eigenvalue weighted by atomic mass is 9.91. The van der Waals surface area contributed by atoms with Crippen LogP contribution in [-0.4, -0.2) is 34.6 Å². The van der Waals surface area contributed by atoms with Crippen LogP contribution in [0.5, 0.6) is 0 Å². The lowest BCUT2D eigenvalue weighted by Gasteiger charge is -2.23. The highest BCUT2D eigenvalue weighted by atomic mass is 16.5. The first kappa shape index (κ1) is 19.3. The molecule has 0 aliphatic heterocycles. The summed E-state index contributed by atoms with van der Waals surface area (Å²) in [7, 11) is 0. The number of nitrogens with two attached hydrogens (primary N) is 1. The smallest absolute Gasteiger partial charge is 0.150 e. The summed E-state index contributed by atoms with van der Waals surface area (Å²) in [4.78, 5) is 9.31. The van der Waals surface area contributed by atoms with E-state index in [2.05, 4.69) is 11.9 Å². The van der Waals surface area contributed by atoms with Gasteiger partial charge in [-0.15, -0.1) is 0 Å². The molecule has 0 unspecified atom stereocenters. The number of aliphatic hydroxyl groups is 1. The fraction of sp³-hybridized carbons (Fsp3) is 0.500. The maximum absolute atomic E-state index is 10.1. The Hall–Kier alpha value is -1.98.